The Hall–Kier alpha value is -1.21. The van der Waals surface area contributed by atoms with E-state index in [9.17, 15) is 21.6 Å². The second-order valence-corrected chi connectivity index (χ2v) is 9.23. The number of hydrogen-bond donors (Lipinski definition) is 0. The summed E-state index contributed by atoms with van der Waals surface area (Å²) in [5, 5.41) is 0. The number of benzene rings is 1. The monoisotopic (exact) mass is 316 g/mol. The molecule has 2 rings (SSSR count). The van der Waals surface area contributed by atoms with Gasteiger partial charge >= 0.3 is 0 Å². The summed E-state index contributed by atoms with van der Waals surface area (Å²) < 4.78 is 46.6. The van der Waals surface area contributed by atoms with Crippen LogP contribution in [-0.2, 0) is 30.9 Å². The van der Waals surface area contributed by atoms with Crippen LogP contribution in [0.2, 0.25) is 0 Å². The summed E-state index contributed by atoms with van der Waals surface area (Å²) in [4.78, 5) is 11.7. The number of sulfone groups is 2. The fraction of sp³-hybridized carbons (Fsp3) is 0.462. The molecule has 1 fully saturated rings. The molecule has 20 heavy (non-hydrogen) atoms. The molecule has 7 heteroatoms. The Morgan fingerprint density at radius 3 is 2.15 bits per heavy atom. The first kappa shape index (κ1) is 15.2. The van der Waals surface area contributed by atoms with Crippen molar-refractivity contribution < 1.29 is 21.6 Å². The average molecular weight is 316 g/mol. The largest absolute Gasteiger partial charge is 0.299 e. The van der Waals surface area contributed by atoms with Crippen molar-refractivity contribution in [3.05, 3.63) is 23.8 Å². The molecular formula is C13H16O5S2. The molecule has 0 aromatic heterocycles. The first-order chi connectivity index (χ1) is 9.09. The topological polar surface area (TPSA) is 85.3 Å². The first-order valence-corrected chi connectivity index (χ1v) is 9.93. The molecular weight excluding hydrogens is 300 g/mol. The van der Waals surface area contributed by atoms with E-state index < -0.39 is 19.7 Å². The van der Waals surface area contributed by atoms with E-state index >= 15 is 0 Å². The molecule has 1 aromatic carbocycles. The van der Waals surface area contributed by atoms with Crippen molar-refractivity contribution in [3.8, 4) is 0 Å². The second-order valence-electron chi connectivity index (χ2n) is 5.23. The molecule has 110 valence electrons. The van der Waals surface area contributed by atoms with Crippen molar-refractivity contribution in [1.82, 2.24) is 0 Å². The summed E-state index contributed by atoms with van der Waals surface area (Å²) in [7, 11) is -7.07. The predicted molar refractivity (Wildman–Crippen MR) is 74.1 cm³/mol. The Morgan fingerprint density at radius 2 is 1.70 bits per heavy atom. The lowest BCUT2D eigenvalue weighted by Crippen LogP contribution is -2.11. The fourth-order valence-electron chi connectivity index (χ4n) is 1.99. The van der Waals surface area contributed by atoms with Gasteiger partial charge in [0.05, 0.1) is 9.79 Å². The molecule has 0 bridgehead atoms. The van der Waals surface area contributed by atoms with Crippen molar-refractivity contribution >= 4 is 25.5 Å². The van der Waals surface area contributed by atoms with Gasteiger partial charge in [0.1, 0.15) is 5.78 Å². The van der Waals surface area contributed by atoms with E-state index in [0.29, 0.717) is 5.56 Å². The van der Waals surface area contributed by atoms with Crippen LogP contribution in [0.3, 0.4) is 0 Å². The van der Waals surface area contributed by atoms with E-state index in [-0.39, 0.29) is 27.9 Å². The lowest BCUT2D eigenvalue weighted by Gasteiger charge is -2.09. The molecule has 0 amide bonds. The van der Waals surface area contributed by atoms with Crippen LogP contribution in [0.15, 0.2) is 28.0 Å². The Morgan fingerprint density at radius 1 is 1.10 bits per heavy atom. The Bertz CT molecular complexity index is 756. The van der Waals surface area contributed by atoms with Gasteiger partial charge < -0.3 is 0 Å². The van der Waals surface area contributed by atoms with Crippen molar-refractivity contribution in [2.75, 3.05) is 12.5 Å². The molecule has 0 radical (unpaired) electrons. The van der Waals surface area contributed by atoms with E-state index in [1.165, 1.54) is 12.1 Å². The minimum atomic E-state index is -3.58. The third-order valence-electron chi connectivity index (χ3n) is 3.26. The van der Waals surface area contributed by atoms with E-state index in [2.05, 4.69) is 0 Å². The molecule has 1 aliphatic rings. The third kappa shape index (κ3) is 3.46. The molecule has 0 N–H and O–H groups in total. The van der Waals surface area contributed by atoms with Gasteiger partial charge in [-0.15, -0.1) is 0 Å². The summed E-state index contributed by atoms with van der Waals surface area (Å²) in [6.07, 6.45) is 3.78. The number of carbonyl (C=O) groups is 1. The van der Waals surface area contributed by atoms with Gasteiger partial charge in [0.2, 0.25) is 0 Å². The zero-order chi connectivity index (χ0) is 15.1. The predicted octanol–water partition coefficient (Wildman–Crippen LogP) is 1.02. The Labute approximate surface area is 118 Å². The molecule has 0 saturated heterocycles. The van der Waals surface area contributed by atoms with Crippen molar-refractivity contribution in [2.45, 2.75) is 29.1 Å². The van der Waals surface area contributed by atoms with Gasteiger partial charge in [-0.25, -0.2) is 16.8 Å². The van der Waals surface area contributed by atoms with Crippen LogP contribution in [-0.4, -0.2) is 35.1 Å². The Kier molecular flexibility index (Phi) is 3.77. The number of ketones is 1. The maximum atomic E-state index is 11.8. The summed E-state index contributed by atoms with van der Waals surface area (Å²) in [6, 6.07) is 3.91. The van der Waals surface area contributed by atoms with Gasteiger partial charge in [0, 0.05) is 24.9 Å². The summed E-state index contributed by atoms with van der Waals surface area (Å²) in [5.41, 5.74) is 0.372. The molecule has 1 aromatic rings. The van der Waals surface area contributed by atoms with E-state index in [1.54, 1.807) is 0 Å². The first-order valence-electron chi connectivity index (χ1n) is 6.15. The summed E-state index contributed by atoms with van der Waals surface area (Å²) in [6.45, 7) is 0. The standard InChI is InChI=1S/C13H16O5S2/c1-19(15,16)11-6-5-10(7-12(14)9-3-4-9)13(8-11)20(2,17)18/h5-6,8-9H,3-4,7H2,1-2H3. The van der Waals surface area contributed by atoms with E-state index in [4.69, 9.17) is 0 Å². The average Bonchev–Trinajstić information content (AvgIpc) is 3.09. The quantitative estimate of drug-likeness (QED) is 0.809. The maximum absolute atomic E-state index is 11.8. The molecule has 1 saturated carbocycles. The summed E-state index contributed by atoms with van der Waals surface area (Å²) in [5.74, 6) is 0.0546. The lowest BCUT2D eigenvalue weighted by molar-refractivity contribution is -0.119. The van der Waals surface area contributed by atoms with Crippen LogP contribution >= 0.6 is 0 Å². The van der Waals surface area contributed by atoms with E-state index in [0.717, 1.165) is 31.4 Å². The van der Waals surface area contributed by atoms with Crippen LogP contribution in [0.5, 0.6) is 0 Å². The zero-order valence-corrected chi connectivity index (χ0v) is 12.9. The summed E-state index contributed by atoms with van der Waals surface area (Å²) >= 11 is 0. The lowest BCUT2D eigenvalue weighted by atomic mass is 10.1. The minimum Gasteiger partial charge on any atom is -0.299 e. The Balaban J connectivity index is 2.48. The molecule has 5 nitrogen and oxygen atoms in total. The van der Waals surface area contributed by atoms with Gasteiger partial charge in [-0.3, -0.25) is 4.79 Å². The number of carbonyl (C=O) groups excluding carboxylic acids is 1. The SMILES string of the molecule is CS(=O)(=O)c1ccc(CC(=O)C2CC2)c(S(C)(=O)=O)c1. The molecule has 0 heterocycles. The van der Waals surface area contributed by atoms with E-state index in [1.807, 2.05) is 0 Å². The van der Waals surface area contributed by atoms with Crippen LogP contribution < -0.4 is 0 Å². The zero-order valence-electron chi connectivity index (χ0n) is 11.3. The van der Waals surface area contributed by atoms with Gasteiger partial charge in [0.15, 0.2) is 19.7 Å². The smallest absolute Gasteiger partial charge is 0.175 e. The van der Waals surface area contributed by atoms with Crippen molar-refractivity contribution in [3.63, 3.8) is 0 Å². The highest BCUT2D eigenvalue weighted by molar-refractivity contribution is 7.91. The van der Waals surface area contributed by atoms with Crippen LogP contribution in [0.1, 0.15) is 18.4 Å². The maximum Gasteiger partial charge on any atom is 0.175 e. The molecule has 1 aliphatic carbocycles. The molecule has 0 atom stereocenters. The fourth-order valence-corrected chi connectivity index (χ4v) is 3.67. The highest BCUT2D eigenvalue weighted by atomic mass is 32.2. The van der Waals surface area contributed by atoms with Gasteiger partial charge in [-0.05, 0) is 30.5 Å². The molecule has 0 unspecified atom stereocenters. The van der Waals surface area contributed by atoms with Crippen LogP contribution in [0.4, 0.5) is 0 Å². The normalized spacial score (nSPS) is 16.1. The van der Waals surface area contributed by atoms with Crippen molar-refractivity contribution in [1.29, 1.82) is 0 Å². The van der Waals surface area contributed by atoms with Crippen LogP contribution in [0.25, 0.3) is 0 Å². The van der Waals surface area contributed by atoms with Crippen LogP contribution in [0, 0.1) is 5.92 Å². The number of hydrogen-bond acceptors (Lipinski definition) is 5. The highest BCUT2D eigenvalue weighted by Crippen LogP contribution is 2.32. The highest BCUT2D eigenvalue weighted by Gasteiger charge is 2.30. The van der Waals surface area contributed by atoms with Crippen molar-refractivity contribution in [2.24, 2.45) is 5.92 Å². The van der Waals surface area contributed by atoms with Gasteiger partial charge in [-0.2, -0.15) is 0 Å². The number of Topliss-reactive ketones (excluding diaryl/α,β-unsaturated/α-hetero) is 1. The molecule has 0 spiro atoms. The minimum absolute atomic E-state index is 0.0157. The molecule has 0 aliphatic heterocycles. The second kappa shape index (κ2) is 4.96. The van der Waals surface area contributed by atoms with Gasteiger partial charge in [0.25, 0.3) is 0 Å². The van der Waals surface area contributed by atoms with Gasteiger partial charge in [-0.1, -0.05) is 6.07 Å². The third-order valence-corrected chi connectivity index (χ3v) is 5.55. The number of rotatable bonds is 5.